The van der Waals surface area contributed by atoms with Crippen LogP contribution in [0.5, 0.6) is 0 Å². The molecule has 0 aliphatic carbocycles. The largest absolute Gasteiger partial charge is 0.300 e. The lowest BCUT2D eigenvalue weighted by Gasteiger charge is -2.05. The molecule has 1 aromatic heterocycles. The highest BCUT2D eigenvalue weighted by Crippen LogP contribution is 2.29. The van der Waals surface area contributed by atoms with Gasteiger partial charge in [0.05, 0.1) is 11.4 Å². The lowest BCUT2D eigenvalue weighted by molar-refractivity contribution is -0.110. The number of benzene rings is 3. The molecule has 0 spiro atoms. The Kier molecular flexibility index (Phi) is 5.26. The van der Waals surface area contributed by atoms with Gasteiger partial charge in [-0.05, 0) is 35.0 Å². The van der Waals surface area contributed by atoms with Crippen molar-refractivity contribution in [1.82, 2.24) is 9.78 Å². The highest BCUT2D eigenvalue weighted by atomic mass is 32.2. The van der Waals surface area contributed by atoms with E-state index in [0.717, 1.165) is 22.5 Å². The van der Waals surface area contributed by atoms with E-state index in [-0.39, 0.29) is 0 Å². The quantitative estimate of drug-likeness (QED) is 0.408. The van der Waals surface area contributed by atoms with Crippen LogP contribution in [-0.2, 0) is 5.75 Å². The fourth-order valence-electron chi connectivity index (χ4n) is 3.08. The van der Waals surface area contributed by atoms with Crippen molar-refractivity contribution >= 4 is 16.9 Å². The molecular weight excluding hydrogens is 364 g/mol. The molecule has 0 unspecified atom stereocenters. The van der Waals surface area contributed by atoms with Gasteiger partial charge in [-0.1, -0.05) is 72.8 Å². The molecule has 4 N–H and O–H groups in total. The third kappa shape index (κ3) is 4.00. The second-order valence-electron chi connectivity index (χ2n) is 6.42. The third-order valence-electron chi connectivity index (χ3n) is 4.47. The molecule has 4 aromatic rings. The molecule has 5 heteroatoms. The lowest BCUT2D eigenvalue weighted by Crippen LogP contribution is -2.43. The van der Waals surface area contributed by atoms with Crippen molar-refractivity contribution in [3.05, 3.63) is 96.7 Å². The van der Waals surface area contributed by atoms with Gasteiger partial charge in [-0.2, -0.15) is 5.10 Å². The Balaban J connectivity index is 1.71. The van der Waals surface area contributed by atoms with Crippen LogP contribution in [0, 0.1) is 0 Å². The van der Waals surface area contributed by atoms with Gasteiger partial charge in [0.15, 0.2) is 0 Å². The maximum absolute atomic E-state index is 5.66. The number of hydrogen-bond acceptors (Lipinski definition) is 2. The average molecular weight is 386 g/mol. The molecule has 0 bridgehead atoms. The molecule has 0 fully saturated rings. The zero-order valence-electron chi connectivity index (χ0n) is 15.3. The maximum Gasteiger partial charge on any atom is 0.300 e. The van der Waals surface area contributed by atoms with Crippen LogP contribution >= 0.6 is 11.8 Å². The summed E-state index contributed by atoms with van der Waals surface area (Å²) >= 11 is 1.42. The van der Waals surface area contributed by atoms with E-state index in [0.29, 0.717) is 10.9 Å². The Morgan fingerprint density at radius 1 is 0.821 bits per heavy atom. The summed E-state index contributed by atoms with van der Waals surface area (Å²) in [6, 6.07) is 28.9. The van der Waals surface area contributed by atoms with Gasteiger partial charge in [-0.25, -0.2) is 4.68 Å². The molecular formula is C23H21N4S+. The van der Waals surface area contributed by atoms with Crippen LogP contribution < -0.4 is 11.1 Å². The Morgan fingerprint density at radius 2 is 1.39 bits per heavy atom. The molecule has 0 aliphatic heterocycles. The Hall–Kier alpha value is -3.31. The van der Waals surface area contributed by atoms with Crippen LogP contribution in [0.1, 0.15) is 5.56 Å². The number of hydrogen-bond donors (Lipinski definition) is 2. The summed E-state index contributed by atoms with van der Waals surface area (Å²) in [5.74, 6) is 0.672. The number of rotatable bonds is 5. The summed E-state index contributed by atoms with van der Waals surface area (Å²) in [5.41, 5.74) is 12.2. The molecule has 0 saturated heterocycles. The first-order chi connectivity index (χ1) is 13.7. The van der Waals surface area contributed by atoms with Gasteiger partial charge in [0.1, 0.15) is 0 Å². The maximum atomic E-state index is 5.66. The van der Waals surface area contributed by atoms with E-state index in [4.69, 9.17) is 16.2 Å². The van der Waals surface area contributed by atoms with Crippen molar-refractivity contribution in [2.24, 2.45) is 5.73 Å². The van der Waals surface area contributed by atoms with Crippen molar-refractivity contribution in [3.63, 3.8) is 0 Å². The Morgan fingerprint density at radius 3 is 2.04 bits per heavy atom. The molecule has 4 nitrogen and oxygen atoms in total. The minimum atomic E-state index is 0.359. The van der Waals surface area contributed by atoms with E-state index in [1.807, 2.05) is 59.4 Å². The fraction of sp³-hybridized carbons (Fsp3) is 0.0435. The van der Waals surface area contributed by atoms with Crippen molar-refractivity contribution in [2.45, 2.75) is 5.75 Å². The summed E-state index contributed by atoms with van der Waals surface area (Å²) in [6.07, 6.45) is 2.05. The summed E-state index contributed by atoms with van der Waals surface area (Å²) in [5, 5.41) is 10.9. The molecule has 1 heterocycles. The van der Waals surface area contributed by atoms with Crippen LogP contribution in [0.4, 0.5) is 0 Å². The minimum absolute atomic E-state index is 0.359. The number of amidine groups is 1. The van der Waals surface area contributed by atoms with Gasteiger partial charge in [0, 0.05) is 23.1 Å². The first-order valence-electron chi connectivity index (χ1n) is 9.01. The smallest absolute Gasteiger partial charge is 0.282 e. The predicted octanol–water partition coefficient (Wildman–Crippen LogP) is 3.51. The summed E-state index contributed by atoms with van der Waals surface area (Å²) < 4.78 is 1.91. The van der Waals surface area contributed by atoms with E-state index in [1.54, 1.807) is 0 Å². The number of aromatic nitrogens is 2. The number of thioether (sulfide) groups is 1. The normalized spacial score (nSPS) is 10.7. The molecule has 3 aromatic carbocycles. The SMILES string of the molecule is NC(=[NH2+])SCc1cn(-c2ccccc2)nc1-c1ccc(-c2ccccc2)cc1. The summed E-state index contributed by atoms with van der Waals surface area (Å²) in [4.78, 5) is 0. The van der Waals surface area contributed by atoms with Crippen molar-refractivity contribution in [2.75, 3.05) is 0 Å². The van der Waals surface area contributed by atoms with E-state index >= 15 is 0 Å². The monoisotopic (exact) mass is 385 g/mol. The second kappa shape index (κ2) is 8.15. The minimum Gasteiger partial charge on any atom is -0.282 e. The molecule has 138 valence electrons. The molecule has 0 radical (unpaired) electrons. The molecule has 28 heavy (non-hydrogen) atoms. The zero-order valence-corrected chi connectivity index (χ0v) is 16.1. The van der Waals surface area contributed by atoms with Gasteiger partial charge >= 0.3 is 0 Å². The van der Waals surface area contributed by atoms with E-state index < -0.39 is 0 Å². The van der Waals surface area contributed by atoms with Crippen molar-refractivity contribution in [1.29, 1.82) is 0 Å². The first-order valence-corrected chi connectivity index (χ1v) is 10.00. The molecule has 0 atom stereocenters. The van der Waals surface area contributed by atoms with Gasteiger partial charge in [-0.3, -0.25) is 11.1 Å². The highest BCUT2D eigenvalue weighted by molar-refractivity contribution is 8.12. The van der Waals surface area contributed by atoms with Crippen molar-refractivity contribution < 1.29 is 5.41 Å². The van der Waals surface area contributed by atoms with Crippen LogP contribution in [-0.4, -0.2) is 14.9 Å². The highest BCUT2D eigenvalue weighted by Gasteiger charge is 2.14. The average Bonchev–Trinajstić information content (AvgIpc) is 3.18. The summed E-state index contributed by atoms with van der Waals surface area (Å²) in [7, 11) is 0. The topological polar surface area (TPSA) is 69.4 Å². The number of nitrogens with zero attached hydrogens (tertiary/aromatic N) is 2. The number of nitrogens with two attached hydrogens (primary N) is 2. The standard InChI is InChI=1S/C23H20N4S/c24-23(25)28-16-20-15-27(21-9-5-2-6-10-21)26-22(20)19-13-11-18(12-14-19)17-7-3-1-4-8-17/h1-15H,16H2,(H3,24,25)/p+1. The molecule has 4 rings (SSSR count). The first kappa shape index (κ1) is 18.1. The van der Waals surface area contributed by atoms with E-state index in [2.05, 4.69) is 36.4 Å². The predicted molar refractivity (Wildman–Crippen MR) is 117 cm³/mol. The van der Waals surface area contributed by atoms with Crippen LogP contribution in [0.3, 0.4) is 0 Å². The lowest BCUT2D eigenvalue weighted by atomic mass is 10.0. The molecule has 0 saturated carbocycles. The van der Waals surface area contributed by atoms with Crippen LogP contribution in [0.2, 0.25) is 0 Å². The molecule has 0 aliphatic rings. The van der Waals surface area contributed by atoms with E-state index in [1.165, 1.54) is 22.9 Å². The molecule has 0 amide bonds. The van der Waals surface area contributed by atoms with Gasteiger partial charge in [0.25, 0.3) is 5.17 Å². The summed E-state index contributed by atoms with van der Waals surface area (Å²) in [6.45, 7) is 0. The third-order valence-corrected chi connectivity index (χ3v) is 5.26. The van der Waals surface area contributed by atoms with Gasteiger partial charge in [-0.15, -0.1) is 0 Å². The van der Waals surface area contributed by atoms with Gasteiger partial charge in [0.2, 0.25) is 0 Å². The van der Waals surface area contributed by atoms with Crippen molar-refractivity contribution in [3.8, 4) is 28.1 Å². The van der Waals surface area contributed by atoms with Crippen LogP contribution in [0.15, 0.2) is 91.1 Å². The zero-order chi connectivity index (χ0) is 19.3. The van der Waals surface area contributed by atoms with Crippen LogP contribution in [0.25, 0.3) is 28.1 Å². The second-order valence-corrected chi connectivity index (χ2v) is 7.47. The Labute approximate surface area is 168 Å². The Bertz CT molecular complexity index is 1070. The number of para-hydroxylation sites is 1. The van der Waals surface area contributed by atoms with E-state index in [9.17, 15) is 0 Å². The fourth-order valence-corrected chi connectivity index (χ4v) is 3.62. The van der Waals surface area contributed by atoms with Gasteiger partial charge < -0.3 is 0 Å².